The average molecular weight is 270 g/mol. The summed E-state index contributed by atoms with van der Waals surface area (Å²) >= 11 is 0. The Hall–Kier alpha value is -1.96. The number of nitrogens with one attached hydrogen (secondary N) is 1. The van der Waals surface area contributed by atoms with Gasteiger partial charge in [-0.2, -0.15) is 0 Å². The lowest BCUT2D eigenvalue weighted by Gasteiger charge is -2.05. The molecule has 0 aliphatic carbocycles. The van der Waals surface area contributed by atoms with Crippen molar-refractivity contribution in [1.29, 1.82) is 0 Å². The topological polar surface area (TPSA) is 106 Å². The highest BCUT2D eigenvalue weighted by molar-refractivity contribution is 5.84. The van der Waals surface area contributed by atoms with Gasteiger partial charge in [0.05, 0.1) is 19.3 Å². The minimum absolute atomic E-state index is 0.102. The van der Waals surface area contributed by atoms with Crippen molar-refractivity contribution in [2.75, 3.05) is 19.8 Å². The van der Waals surface area contributed by atoms with Crippen molar-refractivity contribution in [3.05, 3.63) is 11.9 Å². The van der Waals surface area contributed by atoms with Crippen LogP contribution in [0.5, 0.6) is 0 Å². The van der Waals surface area contributed by atoms with Crippen LogP contribution in [0.15, 0.2) is 6.20 Å². The molecule has 1 aromatic rings. The molecule has 1 amide bonds. The van der Waals surface area contributed by atoms with Gasteiger partial charge in [-0.15, -0.1) is 5.10 Å². The number of carboxylic acids is 1. The largest absolute Gasteiger partial charge is 0.476 e. The van der Waals surface area contributed by atoms with Gasteiger partial charge >= 0.3 is 5.97 Å². The van der Waals surface area contributed by atoms with Crippen molar-refractivity contribution in [1.82, 2.24) is 20.3 Å². The Bertz CT molecular complexity index is 419. The van der Waals surface area contributed by atoms with E-state index in [0.29, 0.717) is 32.7 Å². The van der Waals surface area contributed by atoms with Crippen LogP contribution in [0.2, 0.25) is 0 Å². The zero-order valence-corrected chi connectivity index (χ0v) is 10.8. The predicted molar refractivity (Wildman–Crippen MR) is 65.7 cm³/mol. The molecule has 0 aliphatic rings. The van der Waals surface area contributed by atoms with E-state index in [1.165, 1.54) is 10.9 Å². The third-order valence-electron chi connectivity index (χ3n) is 2.24. The number of hydrogen-bond donors (Lipinski definition) is 2. The summed E-state index contributed by atoms with van der Waals surface area (Å²) in [7, 11) is 0. The smallest absolute Gasteiger partial charge is 0.358 e. The Morgan fingerprint density at radius 1 is 1.47 bits per heavy atom. The highest BCUT2D eigenvalue weighted by Crippen LogP contribution is 1.92. The zero-order valence-electron chi connectivity index (χ0n) is 10.8. The number of carbonyl (C=O) groups excluding carboxylic acids is 1. The summed E-state index contributed by atoms with van der Waals surface area (Å²) in [4.78, 5) is 21.9. The first-order valence-corrected chi connectivity index (χ1v) is 6.11. The molecule has 0 aliphatic heterocycles. The molecule has 1 rings (SSSR count). The van der Waals surface area contributed by atoms with Gasteiger partial charge in [-0.25, -0.2) is 9.48 Å². The van der Waals surface area contributed by atoms with Crippen molar-refractivity contribution >= 4 is 11.9 Å². The molecule has 8 heteroatoms. The van der Waals surface area contributed by atoms with E-state index in [1.54, 1.807) is 0 Å². The molecule has 8 nitrogen and oxygen atoms in total. The highest BCUT2D eigenvalue weighted by atomic mass is 16.5. The molecule has 0 atom stereocenters. The van der Waals surface area contributed by atoms with E-state index in [2.05, 4.69) is 15.6 Å². The van der Waals surface area contributed by atoms with Crippen LogP contribution in [0.1, 0.15) is 30.3 Å². The molecule has 0 radical (unpaired) electrons. The minimum atomic E-state index is -1.12. The maximum atomic E-state index is 11.4. The molecule has 0 saturated heterocycles. The molecule has 19 heavy (non-hydrogen) atoms. The molecule has 2 N–H and O–H groups in total. The quantitative estimate of drug-likeness (QED) is 0.607. The fourth-order valence-electron chi connectivity index (χ4n) is 1.32. The Labute approximate surface area is 110 Å². The molecule has 1 heterocycles. The molecule has 0 bridgehead atoms. The van der Waals surface area contributed by atoms with Gasteiger partial charge in [0.15, 0.2) is 5.69 Å². The second-order valence-electron chi connectivity index (χ2n) is 3.88. The van der Waals surface area contributed by atoms with Gasteiger partial charge in [-0.1, -0.05) is 12.1 Å². The summed E-state index contributed by atoms with van der Waals surface area (Å²) in [6.45, 7) is 3.82. The van der Waals surface area contributed by atoms with Crippen molar-refractivity contribution < 1.29 is 19.4 Å². The second kappa shape index (κ2) is 8.20. The van der Waals surface area contributed by atoms with Crippen LogP contribution in [0.25, 0.3) is 0 Å². The maximum absolute atomic E-state index is 11.4. The number of ether oxygens (including phenoxy) is 1. The van der Waals surface area contributed by atoms with Gasteiger partial charge in [-0.05, 0) is 6.42 Å². The number of nitrogens with zero attached hydrogens (tertiary/aromatic N) is 3. The zero-order chi connectivity index (χ0) is 14.1. The number of aromatic nitrogens is 3. The number of carbonyl (C=O) groups is 2. The number of carboxylic acid groups (broad SMARTS) is 1. The first-order valence-electron chi connectivity index (χ1n) is 6.11. The number of rotatable bonds is 9. The third-order valence-corrected chi connectivity index (χ3v) is 2.24. The summed E-state index contributed by atoms with van der Waals surface area (Å²) in [6.07, 6.45) is 2.57. The molecular formula is C11H18N4O4. The number of amides is 1. The van der Waals surface area contributed by atoms with Crippen LogP contribution < -0.4 is 5.32 Å². The van der Waals surface area contributed by atoms with Crippen LogP contribution >= 0.6 is 0 Å². The second-order valence-corrected chi connectivity index (χ2v) is 3.88. The van der Waals surface area contributed by atoms with Gasteiger partial charge in [0.25, 0.3) is 0 Å². The summed E-state index contributed by atoms with van der Waals surface area (Å²) in [5, 5.41) is 18.4. The lowest BCUT2D eigenvalue weighted by molar-refractivity contribution is -0.122. The van der Waals surface area contributed by atoms with Crippen LogP contribution in [0.3, 0.4) is 0 Å². The van der Waals surface area contributed by atoms with E-state index in [-0.39, 0.29) is 11.6 Å². The monoisotopic (exact) mass is 270 g/mol. The third kappa shape index (κ3) is 5.96. The molecule has 0 aromatic carbocycles. The van der Waals surface area contributed by atoms with Gasteiger partial charge in [0, 0.05) is 19.6 Å². The van der Waals surface area contributed by atoms with E-state index in [4.69, 9.17) is 9.84 Å². The number of aromatic carboxylic acids is 1. The van der Waals surface area contributed by atoms with Crippen LogP contribution in [0, 0.1) is 0 Å². The highest BCUT2D eigenvalue weighted by Gasteiger charge is 2.08. The fourth-order valence-corrected chi connectivity index (χ4v) is 1.32. The Balaban J connectivity index is 2.15. The summed E-state index contributed by atoms with van der Waals surface area (Å²) in [6, 6.07) is 0. The first-order chi connectivity index (χ1) is 9.13. The van der Waals surface area contributed by atoms with Gasteiger partial charge in [0.1, 0.15) is 0 Å². The van der Waals surface area contributed by atoms with Crippen molar-refractivity contribution in [2.24, 2.45) is 0 Å². The van der Waals surface area contributed by atoms with E-state index >= 15 is 0 Å². The SMILES string of the molecule is CCCOCCC(=O)NCCn1cc(C(=O)O)nn1. The molecule has 1 aromatic heterocycles. The van der Waals surface area contributed by atoms with Crippen molar-refractivity contribution in [3.8, 4) is 0 Å². The summed E-state index contributed by atoms with van der Waals surface area (Å²) in [5.41, 5.74) is -0.112. The van der Waals surface area contributed by atoms with Gasteiger partial charge in [0.2, 0.25) is 5.91 Å². The molecule has 0 saturated carbocycles. The summed E-state index contributed by atoms with van der Waals surface area (Å²) < 4.78 is 6.57. The lowest BCUT2D eigenvalue weighted by atomic mass is 10.4. The van der Waals surface area contributed by atoms with Crippen LogP contribution in [-0.2, 0) is 16.1 Å². The lowest BCUT2D eigenvalue weighted by Crippen LogP contribution is -2.28. The van der Waals surface area contributed by atoms with Gasteiger partial charge in [-0.3, -0.25) is 4.79 Å². The van der Waals surface area contributed by atoms with Crippen molar-refractivity contribution in [2.45, 2.75) is 26.3 Å². The Morgan fingerprint density at radius 2 is 2.26 bits per heavy atom. The Morgan fingerprint density at radius 3 is 2.89 bits per heavy atom. The van der Waals surface area contributed by atoms with Crippen LogP contribution in [-0.4, -0.2) is 51.7 Å². The minimum Gasteiger partial charge on any atom is -0.476 e. The average Bonchev–Trinajstić information content (AvgIpc) is 2.84. The molecule has 0 unspecified atom stereocenters. The standard InChI is InChI=1S/C11H18N4O4/c1-2-6-19-7-3-10(16)12-4-5-15-8-9(11(17)18)13-14-15/h8H,2-7H2,1H3,(H,12,16)(H,17,18). The molecule has 0 spiro atoms. The van der Waals surface area contributed by atoms with Crippen molar-refractivity contribution in [3.63, 3.8) is 0 Å². The van der Waals surface area contributed by atoms with E-state index in [1.807, 2.05) is 6.92 Å². The maximum Gasteiger partial charge on any atom is 0.358 e. The summed E-state index contributed by atoms with van der Waals surface area (Å²) in [5.74, 6) is -1.22. The van der Waals surface area contributed by atoms with E-state index in [9.17, 15) is 9.59 Å². The predicted octanol–water partition coefficient (Wildman–Crippen LogP) is -0.0908. The molecule has 0 fully saturated rings. The first kappa shape index (κ1) is 15.1. The fraction of sp³-hybridized carbons (Fsp3) is 0.636. The van der Waals surface area contributed by atoms with E-state index < -0.39 is 5.97 Å². The van der Waals surface area contributed by atoms with E-state index in [0.717, 1.165) is 6.42 Å². The van der Waals surface area contributed by atoms with Crippen LogP contribution in [0.4, 0.5) is 0 Å². The normalized spacial score (nSPS) is 10.4. The molecular weight excluding hydrogens is 252 g/mol. The van der Waals surface area contributed by atoms with Gasteiger partial charge < -0.3 is 15.2 Å². The number of hydrogen-bond acceptors (Lipinski definition) is 5. The Kier molecular flexibility index (Phi) is 6.51. The molecule has 106 valence electrons.